The van der Waals surface area contributed by atoms with Crippen LogP contribution < -0.4 is 15.0 Å². The molecule has 4 aromatic rings. The maximum absolute atomic E-state index is 13.2. The van der Waals surface area contributed by atoms with Gasteiger partial charge in [-0.1, -0.05) is 42.5 Å². The topological polar surface area (TPSA) is 70.4 Å². The maximum atomic E-state index is 13.2. The molecule has 0 bridgehead atoms. The summed E-state index contributed by atoms with van der Waals surface area (Å²) in [5.41, 5.74) is 0.527. The lowest BCUT2D eigenvalue weighted by atomic mass is 10.0. The predicted molar refractivity (Wildman–Crippen MR) is 122 cm³/mol. The smallest absolute Gasteiger partial charge is 0.311 e. The molecule has 0 aliphatic carbocycles. The fraction of sp³-hybridized carbons (Fsp3) is 0.167. The van der Waals surface area contributed by atoms with Crippen LogP contribution in [0.3, 0.4) is 0 Å². The fourth-order valence-electron chi connectivity index (χ4n) is 3.35. The van der Waals surface area contributed by atoms with Crippen molar-refractivity contribution in [1.29, 1.82) is 0 Å². The third-order valence-corrected chi connectivity index (χ3v) is 5.74. The molecule has 6 nitrogen and oxygen atoms in total. The maximum Gasteiger partial charge on any atom is 0.311 e. The van der Waals surface area contributed by atoms with Gasteiger partial charge in [0, 0.05) is 6.26 Å². The van der Waals surface area contributed by atoms with E-state index in [2.05, 4.69) is 5.10 Å². The quantitative estimate of drug-likeness (QED) is 0.432. The summed E-state index contributed by atoms with van der Waals surface area (Å²) in [5, 5.41) is 6.39. The highest BCUT2D eigenvalue weighted by atomic mass is 32.2. The molecule has 1 atom stereocenters. The normalized spacial score (nSPS) is 11.9. The Labute approximate surface area is 182 Å². The van der Waals surface area contributed by atoms with E-state index in [-0.39, 0.29) is 17.2 Å². The first-order chi connectivity index (χ1) is 15.1. The highest BCUT2D eigenvalue weighted by Gasteiger charge is 2.17. The van der Waals surface area contributed by atoms with E-state index in [0.717, 1.165) is 16.3 Å². The van der Waals surface area contributed by atoms with Gasteiger partial charge in [-0.2, -0.15) is 5.10 Å². The summed E-state index contributed by atoms with van der Waals surface area (Å²) in [6.45, 7) is 2.74. The zero-order valence-electron chi connectivity index (χ0n) is 17.3. The summed E-state index contributed by atoms with van der Waals surface area (Å²) in [6, 6.07) is 20.9. The average Bonchev–Trinajstić information content (AvgIpc) is 2.78. The number of hydrogen-bond acceptors (Lipinski definition) is 5. The Morgan fingerprint density at radius 3 is 2.42 bits per heavy atom. The highest BCUT2D eigenvalue weighted by molar-refractivity contribution is 7.84. The molecule has 158 valence electrons. The second kappa shape index (κ2) is 9.14. The van der Waals surface area contributed by atoms with Gasteiger partial charge >= 0.3 is 5.56 Å². The number of rotatable bonds is 7. The molecule has 0 aliphatic rings. The van der Waals surface area contributed by atoms with Gasteiger partial charge in [0.2, 0.25) is 5.75 Å². The van der Waals surface area contributed by atoms with Crippen molar-refractivity contribution in [3.05, 3.63) is 88.8 Å². The number of benzene rings is 3. The van der Waals surface area contributed by atoms with E-state index in [0.29, 0.717) is 18.1 Å². The van der Waals surface area contributed by atoms with Crippen LogP contribution >= 0.6 is 0 Å². The molecular weight excluding hydrogens is 412 g/mol. The molecule has 0 saturated heterocycles. The molecule has 1 heterocycles. The lowest BCUT2D eigenvalue weighted by Gasteiger charge is -2.13. The van der Waals surface area contributed by atoms with E-state index < -0.39 is 16.4 Å². The first-order valence-corrected chi connectivity index (χ1v) is 11.4. The molecule has 1 unspecified atom stereocenters. The Morgan fingerprint density at radius 1 is 0.968 bits per heavy atom. The number of hydrogen-bond donors (Lipinski definition) is 0. The largest absolute Gasteiger partial charge is 0.494 e. The van der Waals surface area contributed by atoms with Crippen LogP contribution in [-0.4, -0.2) is 26.9 Å². The molecule has 0 N–H and O–H groups in total. The van der Waals surface area contributed by atoms with E-state index in [9.17, 15) is 9.00 Å². The Hall–Kier alpha value is -3.45. The first-order valence-electron chi connectivity index (χ1n) is 9.87. The van der Waals surface area contributed by atoms with Gasteiger partial charge in [0.05, 0.1) is 30.1 Å². The van der Waals surface area contributed by atoms with Crippen LogP contribution in [0.1, 0.15) is 12.5 Å². The van der Waals surface area contributed by atoms with Crippen LogP contribution in [0.25, 0.3) is 10.8 Å². The molecule has 0 spiro atoms. The number of ether oxygens (including phenoxy) is 2. The Balaban J connectivity index is 1.72. The summed E-state index contributed by atoms with van der Waals surface area (Å²) in [6.07, 6.45) is 2.93. The van der Waals surface area contributed by atoms with Crippen molar-refractivity contribution >= 4 is 21.6 Å². The summed E-state index contributed by atoms with van der Waals surface area (Å²) >= 11 is 0. The molecule has 0 aliphatic heterocycles. The van der Waals surface area contributed by atoms with Gasteiger partial charge < -0.3 is 9.47 Å². The molecule has 0 saturated carbocycles. The minimum atomic E-state index is -1.43. The summed E-state index contributed by atoms with van der Waals surface area (Å²) < 4.78 is 24.9. The van der Waals surface area contributed by atoms with Crippen LogP contribution in [0.5, 0.6) is 17.2 Å². The van der Waals surface area contributed by atoms with Crippen LogP contribution in [0.2, 0.25) is 0 Å². The third-order valence-electron chi connectivity index (χ3n) is 4.83. The van der Waals surface area contributed by atoms with Crippen LogP contribution in [-0.2, 0) is 17.3 Å². The van der Waals surface area contributed by atoms with Crippen molar-refractivity contribution in [2.45, 2.75) is 18.4 Å². The Kier molecular flexibility index (Phi) is 6.13. The zero-order chi connectivity index (χ0) is 21.8. The predicted octanol–water partition coefficient (Wildman–Crippen LogP) is 4.37. The van der Waals surface area contributed by atoms with Crippen molar-refractivity contribution in [3.8, 4) is 17.2 Å². The van der Waals surface area contributed by atoms with E-state index in [1.807, 2.05) is 49.4 Å². The van der Waals surface area contributed by atoms with E-state index >= 15 is 0 Å². The molecule has 7 heteroatoms. The highest BCUT2D eigenvalue weighted by Crippen LogP contribution is 2.26. The van der Waals surface area contributed by atoms with Gasteiger partial charge in [-0.05, 0) is 47.5 Å². The summed E-state index contributed by atoms with van der Waals surface area (Å²) in [7, 11) is -1.43. The summed E-state index contributed by atoms with van der Waals surface area (Å²) in [4.78, 5) is 13.5. The molecule has 0 radical (unpaired) electrons. The number of aromatic nitrogens is 2. The molecule has 3 aromatic carbocycles. The van der Waals surface area contributed by atoms with Crippen LogP contribution in [0, 0.1) is 0 Å². The van der Waals surface area contributed by atoms with Crippen molar-refractivity contribution in [2.75, 3.05) is 12.9 Å². The minimum absolute atomic E-state index is 0.0141. The number of nitrogens with zero attached hydrogens (tertiary/aromatic N) is 2. The van der Waals surface area contributed by atoms with Crippen molar-refractivity contribution in [2.24, 2.45) is 0 Å². The zero-order valence-corrected chi connectivity index (χ0v) is 18.1. The van der Waals surface area contributed by atoms with Gasteiger partial charge in [0.15, 0.2) is 0 Å². The SMILES string of the molecule is CCOc1ccc(Oc2c(S(C)=O)cnn(Cc3cccc4ccccc34)c2=O)cc1. The standard InChI is InChI=1S/C24H22N2O4S/c1-3-29-19-11-13-20(14-12-19)30-23-22(31(2)28)15-25-26(24(23)27)16-18-9-6-8-17-7-4-5-10-21(17)18/h4-15H,3,16H2,1-2H3. The number of fused-ring (bicyclic) bond motifs is 1. The van der Waals surface area contributed by atoms with Crippen LogP contribution in [0.15, 0.2) is 82.6 Å². The lowest BCUT2D eigenvalue weighted by Crippen LogP contribution is -2.25. The van der Waals surface area contributed by atoms with E-state index in [1.54, 1.807) is 24.3 Å². The van der Waals surface area contributed by atoms with Gasteiger partial charge in [0.1, 0.15) is 16.4 Å². The van der Waals surface area contributed by atoms with Gasteiger partial charge in [0.25, 0.3) is 0 Å². The molecule has 0 fully saturated rings. The summed E-state index contributed by atoms with van der Waals surface area (Å²) in [5.74, 6) is 1.17. The molecule has 0 amide bonds. The van der Waals surface area contributed by atoms with E-state index in [1.165, 1.54) is 17.1 Å². The monoisotopic (exact) mass is 434 g/mol. The molecule has 4 rings (SSSR count). The van der Waals surface area contributed by atoms with Crippen LogP contribution in [0.4, 0.5) is 0 Å². The average molecular weight is 435 g/mol. The Bertz CT molecular complexity index is 1290. The van der Waals surface area contributed by atoms with Gasteiger partial charge in [-0.25, -0.2) is 4.68 Å². The molecule has 1 aromatic heterocycles. The van der Waals surface area contributed by atoms with Gasteiger partial charge in [-0.3, -0.25) is 9.00 Å². The minimum Gasteiger partial charge on any atom is -0.494 e. The third kappa shape index (κ3) is 4.51. The lowest BCUT2D eigenvalue weighted by molar-refractivity contribution is 0.339. The second-order valence-electron chi connectivity index (χ2n) is 6.90. The second-order valence-corrected chi connectivity index (χ2v) is 8.25. The first kappa shape index (κ1) is 20.8. The molecular formula is C24H22N2O4S. The van der Waals surface area contributed by atoms with E-state index in [4.69, 9.17) is 9.47 Å². The molecule has 31 heavy (non-hydrogen) atoms. The fourth-order valence-corrected chi connectivity index (χ4v) is 3.93. The van der Waals surface area contributed by atoms with Crippen molar-refractivity contribution in [3.63, 3.8) is 0 Å². The Morgan fingerprint density at radius 2 is 1.68 bits per heavy atom. The van der Waals surface area contributed by atoms with Crippen molar-refractivity contribution in [1.82, 2.24) is 9.78 Å². The van der Waals surface area contributed by atoms with Gasteiger partial charge in [-0.15, -0.1) is 0 Å². The van der Waals surface area contributed by atoms with Crippen molar-refractivity contribution < 1.29 is 13.7 Å².